The van der Waals surface area contributed by atoms with Crippen molar-refractivity contribution in [3.8, 4) is 28.1 Å². The molecule has 1 saturated heterocycles. The van der Waals surface area contributed by atoms with E-state index in [2.05, 4.69) is 23.7 Å². The zero-order chi connectivity index (χ0) is 40.0. The summed E-state index contributed by atoms with van der Waals surface area (Å²) in [5.41, 5.74) is 5.49. The van der Waals surface area contributed by atoms with Crippen LogP contribution in [0.3, 0.4) is 0 Å². The predicted molar refractivity (Wildman–Crippen MR) is 218 cm³/mol. The third-order valence-corrected chi connectivity index (χ3v) is 9.55. The maximum Gasteiger partial charge on any atom is 0.308 e. The number of carbonyl (C=O) groups is 2. The molecule has 1 fully saturated rings. The Hall–Kier alpha value is -5.25. The van der Waals surface area contributed by atoms with Crippen molar-refractivity contribution in [1.82, 2.24) is 4.57 Å². The summed E-state index contributed by atoms with van der Waals surface area (Å²) < 4.78 is 41.2. The third kappa shape index (κ3) is 10.1. The molecule has 0 saturated carbocycles. The largest absolute Gasteiger partial charge is 0.487 e. The maximum atomic E-state index is 14.9. The van der Waals surface area contributed by atoms with E-state index in [1.165, 1.54) is 12.1 Å². The van der Waals surface area contributed by atoms with E-state index in [1.54, 1.807) is 12.1 Å². The van der Waals surface area contributed by atoms with Crippen LogP contribution < -0.4 is 10.1 Å². The number of nitrogens with zero attached hydrogens (tertiary/aromatic N) is 1. The highest BCUT2D eigenvalue weighted by molar-refractivity contribution is 6.13. The van der Waals surface area contributed by atoms with E-state index in [1.807, 2.05) is 120 Å². The second kappa shape index (κ2) is 17.3. The van der Waals surface area contributed by atoms with Crippen molar-refractivity contribution in [2.75, 3.05) is 5.32 Å². The fourth-order valence-electron chi connectivity index (χ4n) is 7.47. The van der Waals surface area contributed by atoms with Crippen LogP contribution in [-0.2, 0) is 32.2 Å². The first-order chi connectivity index (χ1) is 26.7. The van der Waals surface area contributed by atoms with Crippen LogP contribution in [0.2, 0.25) is 0 Å². The van der Waals surface area contributed by atoms with Gasteiger partial charge in [0, 0.05) is 24.2 Å². The minimum atomic E-state index is -0.927. The molecular weight excluding hydrogens is 708 g/mol. The van der Waals surface area contributed by atoms with Crippen LogP contribution in [0.25, 0.3) is 22.4 Å². The second-order valence-corrected chi connectivity index (χ2v) is 16.1. The first-order valence-electron chi connectivity index (χ1n) is 19.4. The number of aromatic nitrogens is 1. The maximum absolute atomic E-state index is 14.9. The number of para-hydroxylation sites is 2. The van der Waals surface area contributed by atoms with Gasteiger partial charge in [0.05, 0.1) is 35.6 Å². The highest BCUT2D eigenvalue weighted by Crippen LogP contribution is 2.43. The van der Waals surface area contributed by atoms with E-state index >= 15 is 0 Å². The van der Waals surface area contributed by atoms with E-state index in [0.717, 1.165) is 33.6 Å². The summed E-state index contributed by atoms with van der Waals surface area (Å²) in [5.74, 6) is -1.43. The molecule has 1 amide bonds. The monoisotopic (exact) mass is 760 g/mol. The molecule has 56 heavy (non-hydrogen) atoms. The van der Waals surface area contributed by atoms with Crippen molar-refractivity contribution in [2.24, 2.45) is 0 Å². The Morgan fingerprint density at radius 2 is 1.48 bits per heavy atom. The number of hydrogen-bond donors (Lipinski definition) is 1. The molecule has 294 valence electrons. The van der Waals surface area contributed by atoms with Crippen molar-refractivity contribution in [3.63, 3.8) is 0 Å². The Morgan fingerprint density at radius 1 is 0.857 bits per heavy atom. The van der Waals surface area contributed by atoms with Crippen molar-refractivity contribution in [3.05, 3.63) is 132 Å². The molecule has 0 radical (unpaired) electrons. The Kier molecular flexibility index (Phi) is 12.5. The van der Waals surface area contributed by atoms with E-state index < -0.39 is 17.5 Å². The molecule has 5 aromatic rings. The smallest absolute Gasteiger partial charge is 0.308 e. The van der Waals surface area contributed by atoms with Crippen molar-refractivity contribution >= 4 is 17.6 Å². The molecule has 1 aliphatic heterocycles. The number of benzene rings is 4. The summed E-state index contributed by atoms with van der Waals surface area (Å²) in [4.78, 5) is 27.8. The van der Waals surface area contributed by atoms with Crippen LogP contribution in [-0.4, -0.2) is 40.0 Å². The van der Waals surface area contributed by atoms with E-state index in [-0.39, 0.29) is 36.1 Å². The van der Waals surface area contributed by atoms with Crippen LogP contribution in [0.1, 0.15) is 95.3 Å². The molecule has 8 nitrogen and oxygen atoms in total. The van der Waals surface area contributed by atoms with Gasteiger partial charge >= 0.3 is 5.97 Å². The Morgan fingerprint density at radius 3 is 2.14 bits per heavy atom. The summed E-state index contributed by atoms with van der Waals surface area (Å²) in [6, 6.07) is 33.6. The highest BCUT2D eigenvalue weighted by Gasteiger charge is 2.38. The van der Waals surface area contributed by atoms with Crippen LogP contribution in [0, 0.1) is 5.82 Å². The number of amides is 1. The molecule has 1 aromatic heterocycles. The lowest BCUT2D eigenvalue weighted by Gasteiger charge is -2.41. The number of nitrogens with one attached hydrogen (secondary N) is 1. The van der Waals surface area contributed by atoms with Crippen molar-refractivity contribution in [2.45, 2.75) is 110 Å². The second-order valence-electron chi connectivity index (χ2n) is 16.1. The van der Waals surface area contributed by atoms with E-state index in [4.69, 9.17) is 18.9 Å². The Bertz CT molecular complexity index is 2100. The normalized spacial score (nSPS) is 16.7. The van der Waals surface area contributed by atoms with Crippen molar-refractivity contribution in [1.29, 1.82) is 0 Å². The van der Waals surface area contributed by atoms with E-state index in [0.29, 0.717) is 43.0 Å². The predicted octanol–water partition coefficient (Wildman–Crippen LogP) is 10.9. The molecule has 0 bridgehead atoms. The van der Waals surface area contributed by atoms with Gasteiger partial charge in [0.1, 0.15) is 23.8 Å². The van der Waals surface area contributed by atoms with Crippen LogP contribution in [0.4, 0.5) is 10.1 Å². The minimum absolute atomic E-state index is 0.0936. The number of carbonyl (C=O) groups excluding carboxylic acids is 2. The number of hydrogen-bond acceptors (Lipinski definition) is 6. The number of anilines is 1. The summed E-state index contributed by atoms with van der Waals surface area (Å²) in [6.45, 7) is 14.2. The standard InChI is InChI=1S/C47H53FN2O6/c1-31(2)43-42(45(52)49-38-20-14-15-21-39(38)53-30-32-16-10-8-11-17-32)41(33-18-12-9-13-19-33)44(34-22-24-35(48)25-23-34)50(43)27-26-36-28-37(55-47(6,7)54-36)29-40(51)56-46(3,4)5/h8-25,31,36-37H,26-30H2,1-7H3,(H,49,52)/t36-,37-/m1/s1. The summed E-state index contributed by atoms with van der Waals surface area (Å²) in [7, 11) is 0. The summed E-state index contributed by atoms with van der Waals surface area (Å²) >= 11 is 0. The first-order valence-corrected chi connectivity index (χ1v) is 19.4. The zero-order valence-electron chi connectivity index (χ0n) is 33.4. The average molecular weight is 761 g/mol. The molecule has 0 spiro atoms. The van der Waals surface area contributed by atoms with E-state index in [9.17, 15) is 14.0 Å². The summed E-state index contributed by atoms with van der Waals surface area (Å²) in [5, 5.41) is 3.20. The number of esters is 1. The lowest BCUT2D eigenvalue weighted by atomic mass is 9.94. The minimum Gasteiger partial charge on any atom is -0.487 e. The third-order valence-electron chi connectivity index (χ3n) is 9.55. The number of rotatable bonds is 13. The Labute approximate surface area is 329 Å². The van der Waals surface area contributed by atoms with Gasteiger partial charge in [-0.2, -0.15) is 0 Å². The average Bonchev–Trinajstić information content (AvgIpc) is 3.49. The fraction of sp³-hybridized carbons (Fsp3) is 0.362. The lowest BCUT2D eigenvalue weighted by Crippen LogP contribution is -2.46. The molecule has 2 heterocycles. The highest BCUT2D eigenvalue weighted by atomic mass is 19.1. The van der Waals surface area contributed by atoms with Gasteiger partial charge in [-0.05, 0) is 100 Å². The Balaban J connectivity index is 1.41. The van der Waals surface area contributed by atoms with Crippen LogP contribution in [0.15, 0.2) is 109 Å². The molecule has 1 aliphatic rings. The molecule has 9 heteroatoms. The molecule has 6 rings (SSSR count). The molecule has 4 aromatic carbocycles. The molecule has 0 aliphatic carbocycles. The van der Waals surface area contributed by atoms with Crippen LogP contribution in [0.5, 0.6) is 5.75 Å². The quantitative estimate of drug-likeness (QED) is 0.120. The molecule has 0 unspecified atom stereocenters. The van der Waals surface area contributed by atoms with Gasteiger partial charge in [0.15, 0.2) is 5.79 Å². The topological polar surface area (TPSA) is 88.0 Å². The van der Waals surface area contributed by atoms with Gasteiger partial charge < -0.3 is 28.8 Å². The number of halogens is 1. The lowest BCUT2D eigenvalue weighted by molar-refractivity contribution is -0.301. The van der Waals surface area contributed by atoms with Gasteiger partial charge in [0.25, 0.3) is 5.91 Å². The molecular formula is C47H53FN2O6. The number of ether oxygens (including phenoxy) is 4. The van der Waals surface area contributed by atoms with Gasteiger partial charge in [-0.15, -0.1) is 0 Å². The van der Waals surface area contributed by atoms with Gasteiger partial charge in [0.2, 0.25) is 0 Å². The fourth-order valence-corrected chi connectivity index (χ4v) is 7.47. The van der Waals surface area contributed by atoms with Crippen molar-refractivity contribution < 1.29 is 32.9 Å². The molecule has 1 N–H and O–H groups in total. The van der Waals surface area contributed by atoms with Crippen LogP contribution >= 0.6 is 0 Å². The zero-order valence-corrected chi connectivity index (χ0v) is 33.4. The molecule has 2 atom stereocenters. The van der Waals surface area contributed by atoms with Gasteiger partial charge in [-0.1, -0.05) is 86.6 Å². The SMILES string of the molecule is CC(C)c1c(C(=O)Nc2ccccc2OCc2ccccc2)c(-c2ccccc2)c(-c2ccc(F)cc2)n1CC[C@@H]1C[C@H](CC(=O)OC(C)(C)C)OC(C)(C)O1. The van der Waals surface area contributed by atoms with Gasteiger partial charge in [-0.25, -0.2) is 4.39 Å². The first kappa shape index (κ1) is 40.4. The summed E-state index contributed by atoms with van der Waals surface area (Å²) in [6.07, 6.45) is 0.508. The van der Waals surface area contributed by atoms with Gasteiger partial charge in [-0.3, -0.25) is 9.59 Å².